The molecule has 0 N–H and O–H groups in total. The third kappa shape index (κ3) is 6.48. The second-order valence-corrected chi connectivity index (χ2v) is 10.0. The molecule has 0 bridgehead atoms. The van der Waals surface area contributed by atoms with E-state index in [-0.39, 0.29) is 41.6 Å². The molecule has 0 aromatic carbocycles. The van der Waals surface area contributed by atoms with Crippen LogP contribution in [-0.4, -0.2) is 52.1 Å². The minimum absolute atomic E-state index is 0.0849. The molecule has 2 aliphatic rings. The number of alkyl halides is 1. The maximum atomic E-state index is 12.2. The third-order valence-corrected chi connectivity index (χ3v) is 7.28. The monoisotopic (exact) mass is 459 g/mol. The fraction of sp³-hybridized carbons (Fsp3) is 0.714. The van der Waals surface area contributed by atoms with Crippen LogP contribution in [0.25, 0.3) is 0 Å². The van der Waals surface area contributed by atoms with Gasteiger partial charge in [0.25, 0.3) is 0 Å². The Balaban J connectivity index is 1.81. The van der Waals surface area contributed by atoms with Gasteiger partial charge in [0.05, 0.1) is 11.8 Å². The zero-order chi connectivity index (χ0) is 22.5. The molecule has 0 aromatic heterocycles. The number of ether oxygens (including phenoxy) is 2. The van der Waals surface area contributed by atoms with Crippen molar-refractivity contribution in [2.75, 3.05) is 6.61 Å². The molecule has 0 spiro atoms. The molecule has 9 heteroatoms. The summed E-state index contributed by atoms with van der Waals surface area (Å²) in [7, 11) is 0. The second kappa shape index (κ2) is 10.7. The average molecular weight is 460 g/mol. The molecule has 3 unspecified atom stereocenters. The Kier molecular flexibility index (Phi) is 8.79. The SMILES string of the molecule is CC(=O)COC(=O)C(Cl)N1C(=O)C[C@@H]1SC=CC(=O)OC1CCCC(C)(C(C)C)C1. The highest BCUT2D eigenvalue weighted by Gasteiger charge is 2.43. The van der Waals surface area contributed by atoms with Crippen molar-refractivity contribution >= 4 is 47.0 Å². The van der Waals surface area contributed by atoms with Crippen molar-refractivity contribution in [1.29, 1.82) is 0 Å². The minimum atomic E-state index is -1.31. The zero-order valence-electron chi connectivity index (χ0n) is 17.9. The van der Waals surface area contributed by atoms with Gasteiger partial charge in [-0.3, -0.25) is 9.59 Å². The number of β-lactam (4-membered cyclic amide) rings is 1. The number of ketones is 1. The maximum absolute atomic E-state index is 12.2. The molecule has 4 atom stereocenters. The smallest absolute Gasteiger partial charge is 0.345 e. The largest absolute Gasteiger partial charge is 0.459 e. The zero-order valence-corrected chi connectivity index (χ0v) is 19.5. The number of likely N-dealkylation sites (tertiary alicyclic amines) is 1. The van der Waals surface area contributed by atoms with Crippen LogP contribution in [0.1, 0.15) is 59.8 Å². The highest BCUT2D eigenvalue weighted by molar-refractivity contribution is 8.02. The lowest BCUT2D eigenvalue weighted by Gasteiger charge is -2.41. The number of hydrogen-bond acceptors (Lipinski definition) is 7. The summed E-state index contributed by atoms with van der Waals surface area (Å²) < 4.78 is 10.4. The number of thioether (sulfide) groups is 1. The molecule has 1 aliphatic heterocycles. The quantitative estimate of drug-likeness (QED) is 0.171. The highest BCUT2D eigenvalue weighted by Crippen LogP contribution is 2.43. The van der Waals surface area contributed by atoms with Crippen molar-refractivity contribution in [2.45, 2.75) is 76.8 Å². The van der Waals surface area contributed by atoms with Crippen LogP contribution in [0.3, 0.4) is 0 Å². The van der Waals surface area contributed by atoms with Crippen molar-refractivity contribution < 1.29 is 28.7 Å². The summed E-state index contributed by atoms with van der Waals surface area (Å²) in [5.74, 6) is -1.35. The summed E-state index contributed by atoms with van der Waals surface area (Å²) in [5, 5.41) is 1.18. The van der Waals surface area contributed by atoms with E-state index in [1.165, 1.54) is 29.7 Å². The van der Waals surface area contributed by atoms with Crippen LogP contribution in [0.4, 0.5) is 0 Å². The number of nitrogens with zero attached hydrogens (tertiary/aromatic N) is 1. The summed E-state index contributed by atoms with van der Waals surface area (Å²) in [4.78, 5) is 48.0. The first kappa shape index (κ1) is 24.7. The van der Waals surface area contributed by atoms with E-state index >= 15 is 0 Å². The molecule has 0 aromatic rings. The molecule has 1 heterocycles. The van der Waals surface area contributed by atoms with Gasteiger partial charge in [-0.1, -0.05) is 32.4 Å². The first-order valence-corrected chi connectivity index (χ1v) is 11.6. The van der Waals surface area contributed by atoms with E-state index in [4.69, 9.17) is 21.1 Å². The Hall–Kier alpha value is -1.54. The number of hydrogen-bond donors (Lipinski definition) is 0. The first-order valence-electron chi connectivity index (χ1n) is 10.2. The molecule has 1 saturated heterocycles. The van der Waals surface area contributed by atoms with E-state index in [1.54, 1.807) is 5.41 Å². The molecular weight excluding hydrogens is 430 g/mol. The lowest BCUT2D eigenvalue weighted by atomic mass is 9.67. The van der Waals surface area contributed by atoms with Gasteiger partial charge in [0.2, 0.25) is 11.4 Å². The van der Waals surface area contributed by atoms with Gasteiger partial charge in [-0.15, -0.1) is 11.8 Å². The van der Waals surface area contributed by atoms with Crippen molar-refractivity contribution in [2.24, 2.45) is 11.3 Å². The number of esters is 2. The van der Waals surface area contributed by atoms with E-state index in [2.05, 4.69) is 20.8 Å². The van der Waals surface area contributed by atoms with Crippen molar-refractivity contribution in [3.8, 4) is 0 Å². The van der Waals surface area contributed by atoms with Crippen LogP contribution in [0, 0.1) is 11.3 Å². The van der Waals surface area contributed by atoms with E-state index in [0.29, 0.717) is 5.92 Å². The molecule has 2 rings (SSSR count). The molecule has 168 valence electrons. The Morgan fingerprint density at radius 3 is 2.67 bits per heavy atom. The maximum Gasteiger partial charge on any atom is 0.345 e. The van der Waals surface area contributed by atoms with Gasteiger partial charge in [-0.25, -0.2) is 9.59 Å². The molecule has 1 aliphatic carbocycles. The van der Waals surface area contributed by atoms with Crippen LogP contribution < -0.4 is 0 Å². The van der Waals surface area contributed by atoms with Gasteiger partial charge >= 0.3 is 11.9 Å². The van der Waals surface area contributed by atoms with Gasteiger partial charge in [0.15, 0.2) is 5.78 Å². The average Bonchev–Trinajstić information content (AvgIpc) is 2.65. The number of carbonyl (C=O) groups is 4. The van der Waals surface area contributed by atoms with E-state index in [0.717, 1.165) is 25.7 Å². The standard InChI is InChI=1S/C21H30ClNO6S/c1-13(2)21(4)8-5-6-15(11-21)29-18(26)7-9-30-17-10-16(25)23(17)19(22)20(27)28-12-14(3)24/h7,9,13,15,17,19H,5-6,8,10-12H2,1-4H3/t15?,17-,19?,21?/m0/s1. The van der Waals surface area contributed by atoms with E-state index in [9.17, 15) is 19.2 Å². The van der Waals surface area contributed by atoms with Gasteiger partial charge in [-0.2, -0.15) is 0 Å². The summed E-state index contributed by atoms with van der Waals surface area (Å²) in [5.41, 5.74) is -1.12. The Labute approximate surface area is 186 Å². The van der Waals surface area contributed by atoms with Crippen molar-refractivity contribution in [3.05, 3.63) is 11.5 Å². The van der Waals surface area contributed by atoms with Crippen LogP contribution in [0.15, 0.2) is 11.5 Å². The predicted octanol–water partition coefficient (Wildman–Crippen LogP) is 3.64. The van der Waals surface area contributed by atoms with Crippen LogP contribution in [-0.2, 0) is 28.7 Å². The number of halogens is 1. The Morgan fingerprint density at radius 1 is 1.37 bits per heavy atom. The molecular formula is C21H30ClNO6S. The number of Topliss-reactive ketones (excluding diaryl/α,β-unsaturated/α-hetero) is 1. The van der Waals surface area contributed by atoms with Crippen LogP contribution in [0.5, 0.6) is 0 Å². The number of rotatable bonds is 9. The molecule has 0 radical (unpaired) electrons. The van der Waals surface area contributed by atoms with Gasteiger partial charge in [-0.05, 0) is 49.3 Å². The van der Waals surface area contributed by atoms with Gasteiger partial charge < -0.3 is 14.4 Å². The highest BCUT2D eigenvalue weighted by atomic mass is 35.5. The lowest BCUT2D eigenvalue weighted by molar-refractivity contribution is -0.158. The third-order valence-electron chi connectivity index (χ3n) is 5.89. The molecule has 2 fully saturated rings. The normalized spacial score (nSPS) is 27.7. The summed E-state index contributed by atoms with van der Waals surface area (Å²) in [6.07, 6.45) is 5.37. The van der Waals surface area contributed by atoms with E-state index < -0.39 is 17.4 Å². The molecule has 1 saturated carbocycles. The topological polar surface area (TPSA) is 90.0 Å². The summed E-state index contributed by atoms with van der Waals surface area (Å²) in [6.45, 7) is 7.55. The summed E-state index contributed by atoms with van der Waals surface area (Å²) in [6, 6.07) is 0. The van der Waals surface area contributed by atoms with Crippen molar-refractivity contribution in [3.63, 3.8) is 0 Å². The van der Waals surface area contributed by atoms with Crippen LogP contribution in [0.2, 0.25) is 0 Å². The minimum Gasteiger partial charge on any atom is -0.459 e. The fourth-order valence-corrected chi connectivity index (χ4v) is 4.97. The fourth-order valence-electron chi connectivity index (χ4n) is 3.61. The number of carbonyl (C=O) groups excluding carboxylic acids is 4. The second-order valence-electron chi connectivity index (χ2n) is 8.51. The van der Waals surface area contributed by atoms with E-state index in [1.807, 2.05) is 0 Å². The van der Waals surface area contributed by atoms with Crippen LogP contribution >= 0.6 is 23.4 Å². The Morgan fingerprint density at radius 2 is 2.07 bits per heavy atom. The predicted molar refractivity (Wildman–Crippen MR) is 115 cm³/mol. The molecule has 1 amide bonds. The Bertz CT molecular complexity index is 712. The summed E-state index contributed by atoms with van der Waals surface area (Å²) >= 11 is 7.22. The number of amides is 1. The lowest BCUT2D eigenvalue weighted by Crippen LogP contribution is -2.56. The van der Waals surface area contributed by atoms with Gasteiger partial charge in [0.1, 0.15) is 12.7 Å². The van der Waals surface area contributed by atoms with Gasteiger partial charge in [0, 0.05) is 6.08 Å². The first-order chi connectivity index (χ1) is 14.0. The van der Waals surface area contributed by atoms with Crippen molar-refractivity contribution in [1.82, 2.24) is 4.90 Å². The molecule has 7 nitrogen and oxygen atoms in total. The molecule has 30 heavy (non-hydrogen) atoms.